The number of likely N-dealkylation sites (tertiary alicyclic amines) is 1. The van der Waals surface area contributed by atoms with Gasteiger partial charge in [0.25, 0.3) is 5.91 Å². The molecule has 3 fully saturated rings. The van der Waals surface area contributed by atoms with Gasteiger partial charge in [-0.1, -0.05) is 45.0 Å². The van der Waals surface area contributed by atoms with Crippen LogP contribution in [-0.4, -0.2) is 57.3 Å². The highest BCUT2D eigenvalue weighted by Crippen LogP contribution is 2.44. The highest BCUT2D eigenvalue weighted by molar-refractivity contribution is 6.25. The zero-order chi connectivity index (χ0) is 21.4. The number of piperazine rings is 1. The molecule has 0 radical (unpaired) electrons. The molecule has 1 aromatic heterocycles. The second-order valence-electron chi connectivity index (χ2n) is 9.12. The number of hydrogen-bond donors (Lipinski definition) is 0. The number of rotatable bonds is 1. The second kappa shape index (κ2) is 6.02. The summed E-state index contributed by atoms with van der Waals surface area (Å²) in [6.45, 7) is 6.04. The van der Waals surface area contributed by atoms with E-state index in [1.54, 1.807) is 34.1 Å². The number of nitriles is 1. The average Bonchev–Trinajstić information content (AvgIpc) is 3.37. The van der Waals surface area contributed by atoms with Crippen molar-refractivity contribution in [3.8, 4) is 6.07 Å². The molecular formula is C22H21N5O3. The van der Waals surface area contributed by atoms with Crippen molar-refractivity contribution >= 4 is 34.3 Å². The fourth-order valence-electron chi connectivity index (χ4n) is 4.99. The van der Waals surface area contributed by atoms with Crippen molar-refractivity contribution in [2.24, 2.45) is 5.41 Å². The van der Waals surface area contributed by atoms with Gasteiger partial charge in [0.05, 0.1) is 24.0 Å². The molecule has 3 aliphatic heterocycles. The summed E-state index contributed by atoms with van der Waals surface area (Å²) in [5.41, 5.74) is 0.0755. The Hall–Kier alpha value is -3.47. The number of carbonyl (C=O) groups is 3. The third-order valence-corrected chi connectivity index (χ3v) is 6.29. The highest BCUT2D eigenvalue weighted by atomic mass is 16.2. The van der Waals surface area contributed by atoms with E-state index < -0.39 is 11.5 Å². The second-order valence-corrected chi connectivity index (χ2v) is 9.12. The molecule has 4 heterocycles. The van der Waals surface area contributed by atoms with Crippen LogP contribution in [0.4, 0.5) is 10.5 Å². The van der Waals surface area contributed by atoms with Crippen molar-refractivity contribution in [3.05, 3.63) is 36.2 Å². The summed E-state index contributed by atoms with van der Waals surface area (Å²) < 4.78 is 0. The number of nitrogens with zero attached hydrogens (tertiary/aromatic N) is 5. The Balaban J connectivity index is 1.56. The van der Waals surface area contributed by atoms with E-state index in [1.807, 2.05) is 20.8 Å². The van der Waals surface area contributed by atoms with Gasteiger partial charge in [0.15, 0.2) is 0 Å². The van der Waals surface area contributed by atoms with E-state index in [-0.39, 0.29) is 35.6 Å². The van der Waals surface area contributed by atoms with Crippen LogP contribution >= 0.6 is 0 Å². The molecule has 3 atom stereocenters. The maximum Gasteiger partial charge on any atom is 0.332 e. The first-order valence-corrected chi connectivity index (χ1v) is 9.99. The van der Waals surface area contributed by atoms with Gasteiger partial charge in [0.2, 0.25) is 5.91 Å². The maximum absolute atomic E-state index is 13.4. The van der Waals surface area contributed by atoms with Crippen molar-refractivity contribution in [1.29, 1.82) is 5.26 Å². The van der Waals surface area contributed by atoms with Crippen LogP contribution in [-0.2, 0) is 9.59 Å². The molecule has 2 aromatic rings. The molecule has 8 nitrogen and oxygen atoms in total. The fraction of sp³-hybridized carbons (Fsp3) is 0.409. The van der Waals surface area contributed by atoms with Gasteiger partial charge in [-0.25, -0.2) is 14.7 Å². The van der Waals surface area contributed by atoms with Crippen molar-refractivity contribution in [1.82, 2.24) is 14.8 Å². The molecule has 5 rings (SSSR count). The summed E-state index contributed by atoms with van der Waals surface area (Å²) in [4.78, 5) is 48.4. The van der Waals surface area contributed by atoms with Crippen LogP contribution < -0.4 is 4.90 Å². The van der Waals surface area contributed by atoms with Gasteiger partial charge >= 0.3 is 6.03 Å². The number of urea groups is 1. The van der Waals surface area contributed by atoms with Crippen LogP contribution in [0.3, 0.4) is 0 Å². The van der Waals surface area contributed by atoms with Gasteiger partial charge in [0, 0.05) is 22.7 Å². The normalized spacial score (nSPS) is 25.3. The summed E-state index contributed by atoms with van der Waals surface area (Å²) in [5.74, 6) is -0.339. The summed E-state index contributed by atoms with van der Waals surface area (Å²) in [5, 5.41) is 10.6. The summed E-state index contributed by atoms with van der Waals surface area (Å²) in [7, 11) is 0. The standard InChI is InChI=1S/C22H21N5O3/c1-22(2,3)20(29)25-11-12-8-16(25)18-19(28)27(21(30)26(12)18)17-10-24-15(9-23)13-6-4-5-7-14(13)17/h4-7,10,12,16,18H,8,11H2,1-3H3/t12-,16?,18-/m1/s1. The Morgan fingerprint density at radius 3 is 2.57 bits per heavy atom. The largest absolute Gasteiger partial charge is 0.334 e. The first-order chi connectivity index (χ1) is 14.2. The predicted molar refractivity (Wildman–Crippen MR) is 108 cm³/mol. The molecule has 1 unspecified atom stereocenters. The lowest BCUT2D eigenvalue weighted by atomic mass is 9.93. The number of fused-ring (bicyclic) bond motifs is 6. The van der Waals surface area contributed by atoms with Crippen LogP contribution in [0.25, 0.3) is 10.8 Å². The average molecular weight is 403 g/mol. The minimum atomic E-state index is -0.669. The van der Waals surface area contributed by atoms with Crippen LogP contribution in [0.1, 0.15) is 32.9 Å². The Labute approximate surface area is 173 Å². The van der Waals surface area contributed by atoms with E-state index in [2.05, 4.69) is 11.1 Å². The maximum atomic E-state index is 13.4. The smallest absolute Gasteiger partial charge is 0.332 e. The molecule has 3 saturated heterocycles. The van der Waals surface area contributed by atoms with Crippen molar-refractivity contribution in [2.45, 2.75) is 45.3 Å². The molecular weight excluding hydrogens is 382 g/mol. The van der Waals surface area contributed by atoms with Gasteiger partial charge < -0.3 is 9.80 Å². The van der Waals surface area contributed by atoms with Gasteiger partial charge in [-0.3, -0.25) is 9.59 Å². The fourth-order valence-corrected chi connectivity index (χ4v) is 4.99. The van der Waals surface area contributed by atoms with Crippen molar-refractivity contribution in [2.75, 3.05) is 11.4 Å². The minimum absolute atomic E-state index is 0.00108. The van der Waals surface area contributed by atoms with Gasteiger partial charge in [-0.15, -0.1) is 0 Å². The van der Waals surface area contributed by atoms with E-state index in [9.17, 15) is 19.6 Å². The third kappa shape index (κ3) is 2.32. The zero-order valence-electron chi connectivity index (χ0n) is 17.0. The Kier molecular flexibility index (Phi) is 3.72. The summed E-state index contributed by atoms with van der Waals surface area (Å²) >= 11 is 0. The highest BCUT2D eigenvalue weighted by Gasteiger charge is 2.63. The predicted octanol–water partition coefficient (Wildman–Crippen LogP) is 2.27. The Bertz CT molecular complexity index is 1160. The van der Waals surface area contributed by atoms with Gasteiger partial charge in [0.1, 0.15) is 17.8 Å². The zero-order valence-corrected chi connectivity index (χ0v) is 17.0. The lowest BCUT2D eigenvalue weighted by molar-refractivity contribution is -0.143. The minimum Gasteiger partial charge on any atom is -0.334 e. The summed E-state index contributed by atoms with van der Waals surface area (Å²) in [6, 6.07) is 7.66. The molecule has 3 aliphatic rings. The van der Waals surface area contributed by atoms with E-state index in [0.29, 0.717) is 29.4 Å². The monoisotopic (exact) mass is 403 g/mol. The number of amides is 4. The first-order valence-electron chi connectivity index (χ1n) is 9.99. The number of benzene rings is 1. The molecule has 0 N–H and O–H groups in total. The summed E-state index contributed by atoms with van der Waals surface area (Å²) in [6.07, 6.45) is 2.04. The lowest BCUT2D eigenvalue weighted by Crippen LogP contribution is -2.56. The number of anilines is 1. The SMILES string of the molecule is CC(C)(C)C(=O)N1C[C@H]2CC1[C@@H]1C(=O)N(c3cnc(C#N)c4ccccc34)C(=O)N21. The molecule has 30 heavy (non-hydrogen) atoms. The van der Waals surface area contributed by atoms with Crippen LogP contribution in [0.15, 0.2) is 30.5 Å². The lowest BCUT2D eigenvalue weighted by Gasteiger charge is -2.37. The Morgan fingerprint density at radius 2 is 1.90 bits per heavy atom. The molecule has 0 spiro atoms. The van der Waals surface area contributed by atoms with E-state index in [4.69, 9.17) is 0 Å². The van der Waals surface area contributed by atoms with Crippen LogP contribution in [0, 0.1) is 16.7 Å². The third-order valence-electron chi connectivity index (χ3n) is 6.29. The number of imide groups is 1. The molecule has 4 amide bonds. The topological polar surface area (TPSA) is 97.6 Å². The molecule has 8 heteroatoms. The number of carbonyl (C=O) groups excluding carboxylic acids is 3. The van der Waals surface area contributed by atoms with E-state index >= 15 is 0 Å². The molecule has 2 bridgehead atoms. The van der Waals surface area contributed by atoms with Crippen LogP contribution in [0.2, 0.25) is 0 Å². The molecule has 1 aromatic carbocycles. The van der Waals surface area contributed by atoms with Crippen molar-refractivity contribution < 1.29 is 14.4 Å². The number of hydrogen-bond acceptors (Lipinski definition) is 5. The van der Waals surface area contributed by atoms with Crippen LogP contribution in [0.5, 0.6) is 0 Å². The first kappa shape index (κ1) is 18.6. The Morgan fingerprint density at radius 1 is 1.20 bits per heavy atom. The quantitative estimate of drug-likeness (QED) is 0.681. The van der Waals surface area contributed by atoms with E-state index in [0.717, 1.165) is 0 Å². The van der Waals surface area contributed by atoms with Gasteiger partial charge in [-0.05, 0) is 6.42 Å². The molecule has 0 saturated carbocycles. The number of pyridine rings is 1. The molecule has 0 aliphatic carbocycles. The molecule has 152 valence electrons. The van der Waals surface area contributed by atoms with E-state index in [1.165, 1.54) is 11.1 Å². The van der Waals surface area contributed by atoms with Crippen molar-refractivity contribution in [3.63, 3.8) is 0 Å². The van der Waals surface area contributed by atoms with Gasteiger partial charge in [-0.2, -0.15) is 5.26 Å². The number of aromatic nitrogens is 1.